The lowest BCUT2D eigenvalue weighted by molar-refractivity contribution is -0.124. The van der Waals surface area contributed by atoms with E-state index in [-0.39, 0.29) is 10.6 Å². The van der Waals surface area contributed by atoms with Crippen LogP contribution in [0.15, 0.2) is 23.1 Å². The summed E-state index contributed by atoms with van der Waals surface area (Å²) >= 11 is 5.74. The smallest absolute Gasteiger partial charge is 0.402 e. The van der Waals surface area contributed by atoms with Crippen molar-refractivity contribution in [2.45, 2.75) is 16.3 Å². The van der Waals surface area contributed by atoms with Crippen LogP contribution in [0.4, 0.5) is 13.2 Å². The zero-order valence-electron chi connectivity index (χ0n) is 8.79. The highest BCUT2D eigenvalue weighted by Crippen LogP contribution is 2.40. The van der Waals surface area contributed by atoms with Crippen molar-refractivity contribution in [3.63, 3.8) is 0 Å². The molecule has 0 aliphatic rings. The van der Waals surface area contributed by atoms with Crippen LogP contribution in [0.3, 0.4) is 0 Å². The molecule has 0 spiro atoms. The van der Waals surface area contributed by atoms with Gasteiger partial charge in [-0.3, -0.25) is 0 Å². The first-order valence-electron chi connectivity index (χ1n) is 4.54. The van der Waals surface area contributed by atoms with Crippen molar-refractivity contribution in [1.29, 1.82) is 0 Å². The third-order valence-corrected chi connectivity index (χ3v) is 3.75. The number of ether oxygens (including phenoxy) is 1. The molecule has 1 atom stereocenters. The Bertz CT molecular complexity index is 384. The van der Waals surface area contributed by atoms with Crippen molar-refractivity contribution >= 4 is 23.4 Å². The first-order valence-corrected chi connectivity index (χ1v) is 5.96. The minimum atomic E-state index is -4.40. The van der Waals surface area contributed by atoms with E-state index in [1.165, 1.54) is 25.3 Å². The van der Waals surface area contributed by atoms with Gasteiger partial charge >= 0.3 is 6.18 Å². The van der Waals surface area contributed by atoms with Crippen molar-refractivity contribution in [2.75, 3.05) is 13.0 Å². The minimum Gasteiger partial charge on any atom is -0.507 e. The van der Waals surface area contributed by atoms with Gasteiger partial charge in [0.25, 0.3) is 0 Å². The van der Waals surface area contributed by atoms with E-state index < -0.39 is 17.3 Å². The van der Waals surface area contributed by atoms with Crippen LogP contribution in [0.5, 0.6) is 11.5 Å². The number of aromatic hydroxyl groups is 1. The van der Waals surface area contributed by atoms with Crippen LogP contribution in [0.25, 0.3) is 0 Å². The first-order chi connectivity index (χ1) is 7.88. The monoisotopic (exact) mass is 286 g/mol. The predicted molar refractivity (Wildman–Crippen MR) is 61.1 cm³/mol. The largest absolute Gasteiger partial charge is 0.507 e. The van der Waals surface area contributed by atoms with Gasteiger partial charge in [0.1, 0.15) is 16.7 Å². The molecule has 0 aliphatic carbocycles. The first kappa shape index (κ1) is 14.3. The third-order valence-electron chi connectivity index (χ3n) is 1.94. The molecule has 1 rings (SSSR count). The van der Waals surface area contributed by atoms with Crippen molar-refractivity contribution in [1.82, 2.24) is 0 Å². The number of phenolic OH excluding ortho intramolecular Hbond substituents is 1. The molecule has 1 N–H and O–H groups in total. The average Bonchev–Trinajstić information content (AvgIpc) is 2.25. The number of methoxy groups -OCH3 is 1. The SMILES string of the molecule is COc1ccc(SC(CCl)C(F)(F)F)c(O)c1. The van der Waals surface area contributed by atoms with Gasteiger partial charge in [-0.15, -0.1) is 23.4 Å². The second-order valence-electron chi connectivity index (χ2n) is 3.14. The van der Waals surface area contributed by atoms with Crippen LogP contribution < -0.4 is 4.74 Å². The fraction of sp³-hybridized carbons (Fsp3) is 0.400. The Morgan fingerprint density at radius 1 is 1.47 bits per heavy atom. The number of alkyl halides is 4. The molecule has 1 aromatic carbocycles. The molecule has 7 heteroatoms. The van der Waals surface area contributed by atoms with E-state index >= 15 is 0 Å². The maximum atomic E-state index is 12.5. The highest BCUT2D eigenvalue weighted by atomic mass is 35.5. The standard InChI is InChI=1S/C10H10ClF3O2S/c1-16-6-2-3-8(7(15)4-6)17-9(5-11)10(12,13)14/h2-4,9,15H,5H2,1H3. The summed E-state index contributed by atoms with van der Waals surface area (Å²) in [5, 5.41) is 7.77. The number of hydrogen-bond acceptors (Lipinski definition) is 3. The molecule has 0 amide bonds. The normalized spacial score (nSPS) is 13.5. The van der Waals surface area contributed by atoms with Gasteiger partial charge in [-0.25, -0.2) is 0 Å². The summed E-state index contributed by atoms with van der Waals surface area (Å²) in [6, 6.07) is 4.10. The van der Waals surface area contributed by atoms with Gasteiger partial charge in [0.2, 0.25) is 0 Å². The molecule has 1 unspecified atom stereocenters. The fourth-order valence-electron chi connectivity index (χ4n) is 1.06. The highest BCUT2D eigenvalue weighted by Gasteiger charge is 2.40. The Labute approximate surface area is 106 Å². The summed E-state index contributed by atoms with van der Waals surface area (Å²) in [4.78, 5) is 0.119. The van der Waals surface area contributed by atoms with E-state index in [9.17, 15) is 18.3 Å². The van der Waals surface area contributed by atoms with Crippen LogP contribution >= 0.6 is 23.4 Å². The fourth-order valence-corrected chi connectivity index (χ4v) is 2.26. The molecule has 17 heavy (non-hydrogen) atoms. The number of rotatable bonds is 4. The van der Waals surface area contributed by atoms with Crippen LogP contribution in [0.2, 0.25) is 0 Å². The number of hydrogen-bond donors (Lipinski definition) is 1. The maximum absolute atomic E-state index is 12.5. The Hall–Kier alpha value is -0.750. The number of phenols is 1. The summed E-state index contributed by atoms with van der Waals surface area (Å²) < 4.78 is 42.2. The van der Waals surface area contributed by atoms with Crippen molar-refractivity contribution in [2.24, 2.45) is 0 Å². The maximum Gasteiger partial charge on any atom is 0.402 e. The van der Waals surface area contributed by atoms with Gasteiger partial charge in [0.15, 0.2) is 0 Å². The lowest BCUT2D eigenvalue weighted by atomic mass is 10.3. The third kappa shape index (κ3) is 3.89. The van der Waals surface area contributed by atoms with Crippen LogP contribution in [-0.2, 0) is 0 Å². The number of thioether (sulfide) groups is 1. The molecule has 0 saturated carbocycles. The molecule has 2 nitrogen and oxygen atoms in total. The molecule has 96 valence electrons. The highest BCUT2D eigenvalue weighted by molar-refractivity contribution is 8.00. The molecular formula is C10H10ClF3O2S. The second kappa shape index (κ2) is 5.73. The Morgan fingerprint density at radius 3 is 2.53 bits per heavy atom. The summed E-state index contributed by atoms with van der Waals surface area (Å²) in [5.41, 5.74) is 0. The van der Waals surface area contributed by atoms with E-state index in [0.29, 0.717) is 17.5 Å². The summed E-state index contributed by atoms with van der Waals surface area (Å²) in [5.74, 6) is -0.449. The van der Waals surface area contributed by atoms with E-state index in [4.69, 9.17) is 16.3 Å². The predicted octanol–water partition coefficient (Wildman–Crippen LogP) is 3.66. The van der Waals surface area contributed by atoms with Crippen LogP contribution in [-0.4, -0.2) is 29.5 Å². The summed E-state index contributed by atoms with van der Waals surface area (Å²) in [6.45, 7) is 0. The minimum absolute atomic E-state index is 0.119. The molecule has 0 heterocycles. The van der Waals surface area contributed by atoms with Gasteiger partial charge in [-0.05, 0) is 12.1 Å². The lowest BCUT2D eigenvalue weighted by Gasteiger charge is -2.17. The quantitative estimate of drug-likeness (QED) is 0.676. The van der Waals surface area contributed by atoms with Crippen LogP contribution in [0.1, 0.15) is 0 Å². The van der Waals surface area contributed by atoms with E-state index in [0.717, 1.165) is 0 Å². The average molecular weight is 287 g/mol. The Morgan fingerprint density at radius 2 is 2.12 bits per heavy atom. The van der Waals surface area contributed by atoms with E-state index in [2.05, 4.69) is 0 Å². The van der Waals surface area contributed by atoms with Crippen molar-refractivity contribution in [3.05, 3.63) is 18.2 Å². The van der Waals surface area contributed by atoms with Gasteiger partial charge in [-0.1, -0.05) is 0 Å². The van der Waals surface area contributed by atoms with Gasteiger partial charge in [0.05, 0.1) is 7.11 Å². The van der Waals surface area contributed by atoms with Crippen molar-refractivity contribution in [3.8, 4) is 11.5 Å². The van der Waals surface area contributed by atoms with Gasteiger partial charge < -0.3 is 9.84 Å². The summed E-state index contributed by atoms with van der Waals surface area (Å²) in [7, 11) is 1.40. The molecule has 0 saturated heterocycles. The second-order valence-corrected chi connectivity index (χ2v) is 4.69. The molecule has 0 fully saturated rings. The summed E-state index contributed by atoms with van der Waals surface area (Å²) in [6.07, 6.45) is -4.40. The molecule has 0 radical (unpaired) electrons. The topological polar surface area (TPSA) is 29.5 Å². The van der Waals surface area contributed by atoms with E-state index in [1.807, 2.05) is 0 Å². The Balaban J connectivity index is 2.87. The Kier molecular flexibility index (Phi) is 4.82. The van der Waals surface area contributed by atoms with E-state index in [1.54, 1.807) is 0 Å². The number of halogens is 4. The van der Waals surface area contributed by atoms with Crippen molar-refractivity contribution < 1.29 is 23.0 Å². The molecule has 0 bridgehead atoms. The molecule has 0 aliphatic heterocycles. The van der Waals surface area contributed by atoms with Crippen LogP contribution in [0, 0.1) is 0 Å². The molecule has 1 aromatic rings. The van der Waals surface area contributed by atoms with Gasteiger partial charge in [-0.2, -0.15) is 13.2 Å². The lowest BCUT2D eigenvalue weighted by Crippen LogP contribution is -2.27. The number of benzene rings is 1. The van der Waals surface area contributed by atoms with Gasteiger partial charge in [0, 0.05) is 16.8 Å². The molecule has 0 aromatic heterocycles. The molecular weight excluding hydrogens is 277 g/mol. The zero-order valence-corrected chi connectivity index (χ0v) is 10.4. The zero-order chi connectivity index (χ0) is 13.1.